The standard InChI is InChI=1S/C32H31NO2.C2H4O2/c1-4-15-32(16-5-2)28-18-22(30(33)25-9-7-6-8-21(25)3)10-12-26(28)27-13-11-23(19-29(27)32)31(34)24-14-17-35-20-24;1-2(3)4/h6-14,17-20,33H,4-5,15-16H2,1-3H3;1H3,(H,3,4). The number of rotatable bonds is 8. The van der Waals surface area contributed by atoms with Crippen molar-refractivity contribution in [1.29, 1.82) is 5.41 Å². The molecular formula is C34H35NO4. The number of aryl methyl sites for hydroxylation is 1. The second-order valence-electron chi connectivity index (χ2n) is 10.2. The van der Waals surface area contributed by atoms with Crippen LogP contribution in [0.1, 0.15) is 90.2 Å². The Labute approximate surface area is 230 Å². The Hall–Kier alpha value is -4.25. The molecule has 1 aliphatic rings. The van der Waals surface area contributed by atoms with Gasteiger partial charge in [0.15, 0.2) is 5.78 Å². The molecule has 0 unspecified atom stereocenters. The fourth-order valence-corrected chi connectivity index (χ4v) is 5.88. The molecule has 1 aliphatic carbocycles. The van der Waals surface area contributed by atoms with E-state index in [0.29, 0.717) is 16.8 Å². The fourth-order valence-electron chi connectivity index (χ4n) is 5.88. The Kier molecular flexibility index (Phi) is 8.29. The number of carbonyl (C=O) groups excluding carboxylic acids is 1. The number of hydrogen-bond acceptors (Lipinski definition) is 4. The molecule has 200 valence electrons. The van der Waals surface area contributed by atoms with Gasteiger partial charge < -0.3 is 9.52 Å². The summed E-state index contributed by atoms with van der Waals surface area (Å²) in [6, 6.07) is 22.5. The van der Waals surface area contributed by atoms with Gasteiger partial charge in [-0.3, -0.25) is 15.0 Å². The summed E-state index contributed by atoms with van der Waals surface area (Å²) in [6.45, 7) is 7.60. The van der Waals surface area contributed by atoms with Crippen molar-refractivity contribution >= 4 is 17.5 Å². The number of ketones is 1. The number of carboxylic acids is 1. The number of hydrogen-bond donors (Lipinski definition) is 2. The van der Waals surface area contributed by atoms with E-state index in [1.165, 1.54) is 28.5 Å². The van der Waals surface area contributed by atoms with Crippen molar-refractivity contribution in [2.75, 3.05) is 0 Å². The highest BCUT2D eigenvalue weighted by molar-refractivity contribution is 6.12. The molecule has 2 N–H and O–H groups in total. The van der Waals surface area contributed by atoms with Crippen LogP contribution in [0.15, 0.2) is 83.7 Å². The Morgan fingerprint density at radius 2 is 1.41 bits per heavy atom. The van der Waals surface area contributed by atoms with E-state index in [9.17, 15) is 4.79 Å². The van der Waals surface area contributed by atoms with Crippen LogP contribution in [0.4, 0.5) is 0 Å². The van der Waals surface area contributed by atoms with Crippen molar-refractivity contribution < 1.29 is 19.1 Å². The van der Waals surface area contributed by atoms with Crippen LogP contribution < -0.4 is 0 Å². The second kappa shape index (κ2) is 11.6. The van der Waals surface area contributed by atoms with Crippen LogP contribution in [0.3, 0.4) is 0 Å². The summed E-state index contributed by atoms with van der Waals surface area (Å²) >= 11 is 0. The van der Waals surface area contributed by atoms with Crippen molar-refractivity contribution in [3.05, 3.63) is 118 Å². The van der Waals surface area contributed by atoms with E-state index in [1.807, 2.05) is 24.3 Å². The minimum absolute atomic E-state index is 0.0126. The number of fused-ring (bicyclic) bond motifs is 3. The third-order valence-electron chi connectivity index (χ3n) is 7.46. The maximum Gasteiger partial charge on any atom is 0.300 e. The molecule has 5 nitrogen and oxygen atoms in total. The van der Waals surface area contributed by atoms with Gasteiger partial charge in [-0.1, -0.05) is 75.2 Å². The van der Waals surface area contributed by atoms with E-state index >= 15 is 0 Å². The largest absolute Gasteiger partial charge is 0.481 e. The molecule has 5 rings (SSSR count). The first-order chi connectivity index (χ1) is 18.7. The number of carboxylic acid groups (broad SMARTS) is 1. The molecule has 0 saturated carbocycles. The third-order valence-corrected chi connectivity index (χ3v) is 7.46. The van der Waals surface area contributed by atoms with Gasteiger partial charge in [0.25, 0.3) is 5.97 Å². The van der Waals surface area contributed by atoms with Crippen LogP contribution in [-0.2, 0) is 10.2 Å². The lowest BCUT2D eigenvalue weighted by Crippen LogP contribution is -2.25. The normalized spacial score (nSPS) is 12.6. The first-order valence-electron chi connectivity index (χ1n) is 13.4. The van der Waals surface area contributed by atoms with Crippen molar-refractivity contribution in [3.63, 3.8) is 0 Å². The lowest BCUT2D eigenvalue weighted by molar-refractivity contribution is -0.134. The predicted molar refractivity (Wildman–Crippen MR) is 155 cm³/mol. The van der Waals surface area contributed by atoms with Crippen LogP contribution in [0.25, 0.3) is 11.1 Å². The molecule has 0 fully saturated rings. The maximum atomic E-state index is 13.2. The monoisotopic (exact) mass is 521 g/mol. The molecule has 0 amide bonds. The number of nitrogens with one attached hydrogen (secondary N) is 1. The molecule has 4 aromatic rings. The predicted octanol–water partition coefficient (Wildman–Crippen LogP) is 8.19. The molecular weight excluding hydrogens is 486 g/mol. The highest BCUT2D eigenvalue weighted by Gasteiger charge is 2.42. The van der Waals surface area contributed by atoms with Gasteiger partial charge in [0.05, 0.1) is 17.5 Å². The molecule has 0 bridgehead atoms. The summed E-state index contributed by atoms with van der Waals surface area (Å²) in [4.78, 5) is 22.2. The molecule has 0 aliphatic heterocycles. The van der Waals surface area contributed by atoms with Crippen molar-refractivity contribution in [2.45, 2.75) is 58.8 Å². The lowest BCUT2D eigenvalue weighted by atomic mass is 9.71. The van der Waals surface area contributed by atoms with Crippen molar-refractivity contribution in [3.8, 4) is 11.1 Å². The van der Waals surface area contributed by atoms with Gasteiger partial charge in [0.1, 0.15) is 6.26 Å². The van der Waals surface area contributed by atoms with E-state index in [1.54, 1.807) is 12.3 Å². The fraction of sp³-hybridized carbons (Fsp3) is 0.265. The summed E-state index contributed by atoms with van der Waals surface area (Å²) in [6.07, 6.45) is 7.14. The summed E-state index contributed by atoms with van der Waals surface area (Å²) in [5, 5.41) is 16.4. The first-order valence-corrected chi connectivity index (χ1v) is 13.4. The summed E-state index contributed by atoms with van der Waals surface area (Å²) in [5.74, 6) is -0.846. The van der Waals surface area contributed by atoms with Crippen molar-refractivity contribution in [2.24, 2.45) is 0 Å². The molecule has 0 atom stereocenters. The zero-order valence-electron chi connectivity index (χ0n) is 23.0. The zero-order chi connectivity index (χ0) is 28.2. The number of aliphatic carboxylic acids is 1. The van der Waals surface area contributed by atoms with Gasteiger partial charge in [-0.2, -0.15) is 0 Å². The van der Waals surface area contributed by atoms with E-state index in [4.69, 9.17) is 19.7 Å². The molecule has 5 heteroatoms. The lowest BCUT2D eigenvalue weighted by Gasteiger charge is -2.32. The minimum Gasteiger partial charge on any atom is -0.481 e. The first kappa shape index (κ1) is 27.8. The summed E-state index contributed by atoms with van der Waals surface area (Å²) in [7, 11) is 0. The van der Waals surface area contributed by atoms with Gasteiger partial charge in [0.2, 0.25) is 0 Å². The van der Waals surface area contributed by atoms with Crippen LogP contribution in [0.2, 0.25) is 0 Å². The van der Waals surface area contributed by atoms with Crippen molar-refractivity contribution in [1.82, 2.24) is 0 Å². The molecule has 1 heterocycles. The number of furan rings is 1. The summed E-state index contributed by atoms with van der Waals surface area (Å²) in [5.41, 5.74) is 9.65. The number of benzene rings is 3. The Morgan fingerprint density at radius 3 is 1.95 bits per heavy atom. The van der Waals surface area contributed by atoms with E-state index in [-0.39, 0.29) is 11.2 Å². The molecule has 0 radical (unpaired) electrons. The van der Waals surface area contributed by atoms with E-state index < -0.39 is 5.97 Å². The quantitative estimate of drug-likeness (QED) is 0.181. The van der Waals surface area contributed by atoms with Gasteiger partial charge >= 0.3 is 0 Å². The van der Waals surface area contributed by atoms with Gasteiger partial charge in [0, 0.05) is 29.0 Å². The molecule has 3 aromatic carbocycles. The SMILES string of the molecule is CC(=O)O.CCCC1(CCC)c2cc(C(=N)c3ccccc3C)ccc2-c2ccc(C(=O)c3ccoc3)cc21. The Morgan fingerprint density at radius 1 is 0.846 bits per heavy atom. The van der Waals surface area contributed by atoms with Gasteiger partial charge in [-0.05, 0) is 65.8 Å². The van der Waals surface area contributed by atoms with Crippen LogP contribution in [0.5, 0.6) is 0 Å². The number of carbonyl (C=O) groups is 2. The highest BCUT2D eigenvalue weighted by atomic mass is 16.4. The zero-order valence-corrected chi connectivity index (χ0v) is 23.0. The van der Waals surface area contributed by atoms with Crippen LogP contribution in [-0.4, -0.2) is 22.6 Å². The molecule has 0 saturated heterocycles. The molecule has 0 spiro atoms. The Bertz CT molecular complexity index is 1500. The van der Waals surface area contributed by atoms with Gasteiger partial charge in [-0.15, -0.1) is 0 Å². The highest BCUT2D eigenvalue weighted by Crippen LogP contribution is 2.54. The van der Waals surface area contributed by atoms with Gasteiger partial charge in [-0.25, -0.2) is 0 Å². The average Bonchev–Trinajstić information content (AvgIpc) is 3.54. The molecule has 1 aromatic heterocycles. The minimum atomic E-state index is -0.833. The summed E-state index contributed by atoms with van der Waals surface area (Å²) < 4.78 is 5.16. The second-order valence-corrected chi connectivity index (χ2v) is 10.2. The Balaban J connectivity index is 0.000000826. The molecule has 39 heavy (non-hydrogen) atoms. The maximum absolute atomic E-state index is 13.2. The van der Waals surface area contributed by atoms with Crippen LogP contribution in [0, 0.1) is 12.3 Å². The van der Waals surface area contributed by atoms with E-state index in [2.05, 4.69) is 57.2 Å². The third kappa shape index (κ3) is 5.35. The average molecular weight is 522 g/mol. The smallest absolute Gasteiger partial charge is 0.300 e. The van der Waals surface area contributed by atoms with Crippen LogP contribution >= 0.6 is 0 Å². The topological polar surface area (TPSA) is 91.4 Å². The van der Waals surface area contributed by atoms with E-state index in [0.717, 1.165) is 49.3 Å².